The molecule has 0 unspecified atom stereocenters. The molecule has 3 nitrogen and oxygen atoms in total. The Bertz CT molecular complexity index is 347. The molecule has 0 heterocycles. The molecule has 0 atom stereocenters. The van der Waals surface area contributed by atoms with Gasteiger partial charge in [-0.15, -0.1) is 0 Å². The van der Waals surface area contributed by atoms with Gasteiger partial charge in [-0.1, -0.05) is 19.1 Å². The second-order valence-electron chi connectivity index (χ2n) is 3.63. The Morgan fingerprint density at radius 3 is 2.73 bits per heavy atom. The van der Waals surface area contributed by atoms with Crippen LogP contribution in [0.5, 0.6) is 0 Å². The first-order chi connectivity index (χ1) is 7.15. The van der Waals surface area contributed by atoms with E-state index in [1.807, 2.05) is 39.0 Å². The lowest BCUT2D eigenvalue weighted by Crippen LogP contribution is -2.29. The molecule has 0 bridgehead atoms. The van der Waals surface area contributed by atoms with Crippen molar-refractivity contribution in [3.8, 4) is 0 Å². The van der Waals surface area contributed by atoms with Crippen LogP contribution in [0.3, 0.4) is 0 Å². The summed E-state index contributed by atoms with van der Waals surface area (Å²) in [5.41, 5.74) is 3.18. The minimum absolute atomic E-state index is 0.134. The van der Waals surface area contributed by atoms with E-state index in [2.05, 4.69) is 10.6 Å². The number of rotatable bonds is 3. The number of anilines is 1. The maximum absolute atomic E-state index is 11.4. The van der Waals surface area contributed by atoms with Crippen molar-refractivity contribution in [2.45, 2.75) is 27.2 Å². The SMILES string of the molecule is CCCNC(=O)Nc1cccc(C)c1C. The van der Waals surface area contributed by atoms with Crippen LogP contribution >= 0.6 is 0 Å². The zero-order chi connectivity index (χ0) is 11.3. The second-order valence-corrected chi connectivity index (χ2v) is 3.63. The summed E-state index contributed by atoms with van der Waals surface area (Å²) < 4.78 is 0. The molecule has 1 rings (SSSR count). The average molecular weight is 206 g/mol. The van der Waals surface area contributed by atoms with Crippen LogP contribution in [0, 0.1) is 13.8 Å². The van der Waals surface area contributed by atoms with Crippen LogP contribution in [0.15, 0.2) is 18.2 Å². The summed E-state index contributed by atoms with van der Waals surface area (Å²) in [6, 6.07) is 5.75. The molecule has 0 fully saturated rings. The minimum atomic E-state index is -0.134. The predicted octanol–water partition coefficient (Wildman–Crippen LogP) is 2.83. The standard InChI is InChI=1S/C12H18N2O/c1-4-8-13-12(15)14-11-7-5-6-9(2)10(11)3/h5-7H,4,8H2,1-3H3,(H2,13,14,15). The van der Waals surface area contributed by atoms with Crippen LogP contribution in [0.1, 0.15) is 24.5 Å². The third-order valence-corrected chi connectivity index (χ3v) is 2.39. The lowest BCUT2D eigenvalue weighted by molar-refractivity contribution is 0.252. The molecule has 2 N–H and O–H groups in total. The van der Waals surface area contributed by atoms with Gasteiger partial charge in [-0.2, -0.15) is 0 Å². The normalized spacial score (nSPS) is 9.80. The summed E-state index contributed by atoms with van der Waals surface area (Å²) in [7, 11) is 0. The van der Waals surface area contributed by atoms with Crippen LogP contribution in [-0.4, -0.2) is 12.6 Å². The Hall–Kier alpha value is -1.51. The monoisotopic (exact) mass is 206 g/mol. The Balaban J connectivity index is 2.64. The fraction of sp³-hybridized carbons (Fsp3) is 0.417. The molecule has 1 aromatic carbocycles. The van der Waals surface area contributed by atoms with Crippen molar-refractivity contribution in [3.63, 3.8) is 0 Å². The highest BCUT2D eigenvalue weighted by Crippen LogP contribution is 2.17. The molecular weight excluding hydrogens is 188 g/mol. The van der Waals surface area contributed by atoms with Crippen LogP contribution in [0.2, 0.25) is 0 Å². The number of carbonyl (C=O) groups is 1. The van der Waals surface area contributed by atoms with Gasteiger partial charge in [0.1, 0.15) is 0 Å². The summed E-state index contributed by atoms with van der Waals surface area (Å²) in [6.07, 6.45) is 0.945. The molecule has 0 saturated carbocycles. The third kappa shape index (κ3) is 3.27. The molecule has 82 valence electrons. The smallest absolute Gasteiger partial charge is 0.319 e. The number of hydrogen-bond donors (Lipinski definition) is 2. The molecule has 1 aromatic rings. The van der Waals surface area contributed by atoms with Crippen LogP contribution < -0.4 is 10.6 Å². The Morgan fingerprint density at radius 2 is 2.07 bits per heavy atom. The van der Waals surface area contributed by atoms with Gasteiger partial charge in [-0.3, -0.25) is 0 Å². The van der Waals surface area contributed by atoms with Gasteiger partial charge in [0.25, 0.3) is 0 Å². The Kier molecular flexibility index (Phi) is 4.16. The number of benzene rings is 1. The topological polar surface area (TPSA) is 41.1 Å². The Labute approximate surface area is 90.9 Å². The molecule has 0 aliphatic heterocycles. The van der Waals surface area contributed by atoms with Gasteiger partial charge in [0.15, 0.2) is 0 Å². The molecule has 0 aliphatic carbocycles. The van der Waals surface area contributed by atoms with E-state index in [0.29, 0.717) is 6.54 Å². The van der Waals surface area contributed by atoms with Gasteiger partial charge in [0.2, 0.25) is 0 Å². The van der Waals surface area contributed by atoms with E-state index in [9.17, 15) is 4.79 Å². The van der Waals surface area contributed by atoms with Gasteiger partial charge >= 0.3 is 6.03 Å². The third-order valence-electron chi connectivity index (χ3n) is 2.39. The van der Waals surface area contributed by atoms with Gasteiger partial charge in [0.05, 0.1) is 0 Å². The number of hydrogen-bond acceptors (Lipinski definition) is 1. The first-order valence-electron chi connectivity index (χ1n) is 5.26. The summed E-state index contributed by atoms with van der Waals surface area (Å²) in [5.74, 6) is 0. The minimum Gasteiger partial charge on any atom is -0.338 e. The second kappa shape index (κ2) is 5.39. The largest absolute Gasteiger partial charge is 0.338 e. The van der Waals surface area contributed by atoms with Crippen molar-refractivity contribution in [2.24, 2.45) is 0 Å². The molecule has 0 radical (unpaired) electrons. The molecule has 0 saturated heterocycles. The zero-order valence-corrected chi connectivity index (χ0v) is 9.55. The van der Waals surface area contributed by atoms with Gasteiger partial charge in [-0.05, 0) is 37.5 Å². The molecule has 0 aliphatic rings. The fourth-order valence-electron chi connectivity index (χ4n) is 1.29. The molecular formula is C12H18N2O. The highest BCUT2D eigenvalue weighted by Gasteiger charge is 2.03. The number of urea groups is 1. The molecule has 3 heteroatoms. The lowest BCUT2D eigenvalue weighted by atomic mass is 10.1. The first-order valence-corrected chi connectivity index (χ1v) is 5.26. The fourth-order valence-corrected chi connectivity index (χ4v) is 1.29. The van der Waals surface area contributed by atoms with E-state index in [1.165, 1.54) is 5.56 Å². The van der Waals surface area contributed by atoms with E-state index in [1.54, 1.807) is 0 Å². The summed E-state index contributed by atoms with van der Waals surface area (Å²) >= 11 is 0. The number of nitrogens with one attached hydrogen (secondary N) is 2. The first kappa shape index (κ1) is 11.6. The summed E-state index contributed by atoms with van der Waals surface area (Å²) in [6.45, 7) is 6.77. The molecule has 0 aromatic heterocycles. The summed E-state index contributed by atoms with van der Waals surface area (Å²) in [4.78, 5) is 11.4. The average Bonchev–Trinajstić information content (AvgIpc) is 2.22. The highest BCUT2D eigenvalue weighted by molar-refractivity contribution is 5.90. The van der Waals surface area contributed by atoms with Gasteiger partial charge in [0, 0.05) is 12.2 Å². The van der Waals surface area contributed by atoms with Gasteiger partial charge in [-0.25, -0.2) is 4.79 Å². The predicted molar refractivity (Wildman–Crippen MR) is 63.2 cm³/mol. The quantitative estimate of drug-likeness (QED) is 0.784. The van der Waals surface area contributed by atoms with E-state index in [0.717, 1.165) is 17.7 Å². The lowest BCUT2D eigenvalue weighted by Gasteiger charge is -2.10. The van der Waals surface area contributed by atoms with Crippen molar-refractivity contribution in [1.29, 1.82) is 0 Å². The molecule has 15 heavy (non-hydrogen) atoms. The maximum atomic E-state index is 11.4. The van der Waals surface area contributed by atoms with Crippen LogP contribution in [0.25, 0.3) is 0 Å². The van der Waals surface area contributed by atoms with Crippen LogP contribution in [-0.2, 0) is 0 Å². The highest BCUT2D eigenvalue weighted by atomic mass is 16.2. The van der Waals surface area contributed by atoms with Crippen molar-refractivity contribution in [1.82, 2.24) is 5.32 Å². The Morgan fingerprint density at radius 1 is 1.33 bits per heavy atom. The van der Waals surface area contributed by atoms with E-state index >= 15 is 0 Å². The van der Waals surface area contributed by atoms with E-state index in [-0.39, 0.29) is 6.03 Å². The van der Waals surface area contributed by atoms with Gasteiger partial charge < -0.3 is 10.6 Å². The van der Waals surface area contributed by atoms with Crippen LogP contribution in [0.4, 0.5) is 10.5 Å². The van der Waals surface area contributed by atoms with Crippen molar-refractivity contribution in [3.05, 3.63) is 29.3 Å². The summed E-state index contributed by atoms with van der Waals surface area (Å²) in [5, 5.41) is 5.61. The molecule has 0 spiro atoms. The van der Waals surface area contributed by atoms with Crippen molar-refractivity contribution < 1.29 is 4.79 Å². The maximum Gasteiger partial charge on any atom is 0.319 e. The molecule has 2 amide bonds. The van der Waals surface area contributed by atoms with Crippen molar-refractivity contribution >= 4 is 11.7 Å². The zero-order valence-electron chi connectivity index (χ0n) is 9.55. The number of aryl methyl sites for hydroxylation is 1. The number of carbonyl (C=O) groups excluding carboxylic acids is 1. The van der Waals surface area contributed by atoms with E-state index < -0.39 is 0 Å². The van der Waals surface area contributed by atoms with Crippen molar-refractivity contribution in [2.75, 3.05) is 11.9 Å². The number of amides is 2. The van der Waals surface area contributed by atoms with E-state index in [4.69, 9.17) is 0 Å².